The van der Waals surface area contributed by atoms with Crippen molar-refractivity contribution in [1.82, 2.24) is 5.43 Å². The fraction of sp³-hybridized carbons (Fsp3) is 0.200. The third-order valence-corrected chi connectivity index (χ3v) is 3.23. The second-order valence-corrected chi connectivity index (χ2v) is 4.40. The molecule has 0 unspecified atom stereocenters. The number of ether oxygens (including phenoxy) is 1. The number of nitrogens with zero attached hydrogens (tertiary/aromatic N) is 1. The molecule has 0 bridgehead atoms. The monoisotopic (exact) mass is 240 g/mol. The fourth-order valence-electron chi connectivity index (χ4n) is 2.24. The highest BCUT2D eigenvalue weighted by Gasteiger charge is 2.19. The SMILES string of the molecule is COc1ccc2c(c1)N(Cc1ccccc1)NC2. The molecule has 3 rings (SSSR count). The first-order valence-electron chi connectivity index (χ1n) is 6.09. The molecule has 0 aliphatic carbocycles. The first-order valence-corrected chi connectivity index (χ1v) is 6.09. The van der Waals surface area contributed by atoms with Crippen LogP contribution < -0.4 is 15.2 Å². The summed E-state index contributed by atoms with van der Waals surface area (Å²) < 4.78 is 5.28. The molecule has 18 heavy (non-hydrogen) atoms. The van der Waals surface area contributed by atoms with E-state index in [2.05, 4.69) is 46.8 Å². The van der Waals surface area contributed by atoms with E-state index in [9.17, 15) is 0 Å². The van der Waals surface area contributed by atoms with Crippen LogP contribution in [0.5, 0.6) is 5.75 Å². The second kappa shape index (κ2) is 4.70. The topological polar surface area (TPSA) is 24.5 Å². The second-order valence-electron chi connectivity index (χ2n) is 4.40. The minimum Gasteiger partial charge on any atom is -0.497 e. The van der Waals surface area contributed by atoms with E-state index in [0.29, 0.717) is 0 Å². The van der Waals surface area contributed by atoms with Gasteiger partial charge in [0.15, 0.2) is 0 Å². The average Bonchev–Trinajstić information content (AvgIpc) is 2.82. The molecule has 1 heterocycles. The minimum absolute atomic E-state index is 0.862. The molecule has 92 valence electrons. The Balaban J connectivity index is 1.85. The lowest BCUT2D eigenvalue weighted by molar-refractivity contribution is 0.415. The van der Waals surface area contributed by atoms with E-state index >= 15 is 0 Å². The Morgan fingerprint density at radius 2 is 2.00 bits per heavy atom. The highest BCUT2D eigenvalue weighted by atomic mass is 16.5. The van der Waals surface area contributed by atoms with Crippen molar-refractivity contribution in [1.29, 1.82) is 0 Å². The Morgan fingerprint density at radius 1 is 1.17 bits per heavy atom. The number of nitrogens with one attached hydrogen (secondary N) is 1. The van der Waals surface area contributed by atoms with Crippen LogP contribution in [0.3, 0.4) is 0 Å². The lowest BCUT2D eigenvalue weighted by atomic mass is 10.1. The molecule has 0 spiro atoms. The summed E-state index contributed by atoms with van der Waals surface area (Å²) in [6.07, 6.45) is 0. The molecule has 0 atom stereocenters. The van der Waals surface area contributed by atoms with E-state index in [0.717, 1.165) is 18.8 Å². The molecule has 2 aromatic rings. The highest BCUT2D eigenvalue weighted by Crippen LogP contribution is 2.30. The van der Waals surface area contributed by atoms with Crippen LogP contribution in [-0.4, -0.2) is 7.11 Å². The molecule has 3 nitrogen and oxygen atoms in total. The van der Waals surface area contributed by atoms with E-state index in [1.165, 1.54) is 16.8 Å². The van der Waals surface area contributed by atoms with Crippen LogP contribution in [0.4, 0.5) is 5.69 Å². The Morgan fingerprint density at radius 3 is 2.78 bits per heavy atom. The molecular formula is C15H16N2O. The van der Waals surface area contributed by atoms with Crippen molar-refractivity contribution in [3.05, 3.63) is 59.7 Å². The average molecular weight is 240 g/mol. The molecule has 3 heteroatoms. The molecule has 1 N–H and O–H groups in total. The summed E-state index contributed by atoms with van der Waals surface area (Å²) in [5.41, 5.74) is 7.21. The van der Waals surface area contributed by atoms with Gasteiger partial charge in [-0.3, -0.25) is 0 Å². The van der Waals surface area contributed by atoms with E-state index in [1.807, 2.05) is 12.1 Å². The molecule has 1 aliphatic heterocycles. The zero-order valence-corrected chi connectivity index (χ0v) is 10.4. The molecule has 0 fully saturated rings. The van der Waals surface area contributed by atoms with Gasteiger partial charge in [-0.1, -0.05) is 36.4 Å². The Bertz CT molecular complexity index is 539. The molecule has 0 aromatic heterocycles. The van der Waals surface area contributed by atoms with Crippen LogP contribution in [0.1, 0.15) is 11.1 Å². The number of methoxy groups -OCH3 is 1. The van der Waals surface area contributed by atoms with Crippen molar-refractivity contribution in [2.75, 3.05) is 12.1 Å². The van der Waals surface area contributed by atoms with E-state index in [1.54, 1.807) is 7.11 Å². The van der Waals surface area contributed by atoms with E-state index < -0.39 is 0 Å². The predicted octanol–water partition coefficient (Wildman–Crippen LogP) is 2.72. The molecule has 0 saturated carbocycles. The Hall–Kier alpha value is -2.00. The van der Waals surface area contributed by atoms with Crippen molar-refractivity contribution in [3.8, 4) is 5.75 Å². The Kier molecular flexibility index (Phi) is 2.90. The summed E-state index contributed by atoms with van der Waals surface area (Å²) in [6, 6.07) is 16.7. The van der Waals surface area contributed by atoms with Crippen molar-refractivity contribution in [2.45, 2.75) is 13.1 Å². The molecule has 0 saturated heterocycles. The molecule has 2 aromatic carbocycles. The van der Waals surface area contributed by atoms with Gasteiger partial charge in [-0.2, -0.15) is 0 Å². The van der Waals surface area contributed by atoms with Crippen LogP contribution in [-0.2, 0) is 13.1 Å². The van der Waals surface area contributed by atoms with Gasteiger partial charge in [-0.25, -0.2) is 5.43 Å². The summed E-state index contributed by atoms with van der Waals surface area (Å²) >= 11 is 0. The molecular weight excluding hydrogens is 224 g/mol. The zero-order chi connectivity index (χ0) is 12.4. The minimum atomic E-state index is 0.862. The van der Waals surface area contributed by atoms with Crippen LogP contribution in [0.2, 0.25) is 0 Å². The van der Waals surface area contributed by atoms with Gasteiger partial charge >= 0.3 is 0 Å². The number of benzene rings is 2. The molecule has 1 aliphatic rings. The summed E-state index contributed by atoms with van der Waals surface area (Å²) in [7, 11) is 1.70. The third kappa shape index (κ3) is 2.05. The van der Waals surface area contributed by atoms with Gasteiger partial charge in [0.25, 0.3) is 0 Å². The van der Waals surface area contributed by atoms with Crippen LogP contribution >= 0.6 is 0 Å². The van der Waals surface area contributed by atoms with Crippen LogP contribution in [0.25, 0.3) is 0 Å². The van der Waals surface area contributed by atoms with Gasteiger partial charge in [0.2, 0.25) is 0 Å². The van der Waals surface area contributed by atoms with Crippen molar-refractivity contribution in [2.24, 2.45) is 0 Å². The van der Waals surface area contributed by atoms with Gasteiger partial charge in [-0.15, -0.1) is 0 Å². The summed E-state index contributed by atoms with van der Waals surface area (Å²) in [5, 5.41) is 2.17. The first-order chi connectivity index (χ1) is 8.86. The number of hydrogen-bond donors (Lipinski definition) is 1. The smallest absolute Gasteiger partial charge is 0.121 e. The van der Waals surface area contributed by atoms with Crippen molar-refractivity contribution >= 4 is 5.69 Å². The van der Waals surface area contributed by atoms with Crippen LogP contribution in [0, 0.1) is 0 Å². The summed E-state index contributed by atoms with van der Waals surface area (Å²) in [4.78, 5) is 0. The lowest BCUT2D eigenvalue weighted by Crippen LogP contribution is -2.31. The quantitative estimate of drug-likeness (QED) is 0.892. The van der Waals surface area contributed by atoms with Crippen LogP contribution in [0.15, 0.2) is 48.5 Å². The Labute approximate surface area is 107 Å². The number of rotatable bonds is 3. The fourth-order valence-corrected chi connectivity index (χ4v) is 2.24. The van der Waals surface area contributed by atoms with Gasteiger partial charge in [-0.05, 0) is 17.2 Å². The maximum Gasteiger partial charge on any atom is 0.121 e. The largest absolute Gasteiger partial charge is 0.497 e. The lowest BCUT2D eigenvalue weighted by Gasteiger charge is -2.19. The number of hydrogen-bond acceptors (Lipinski definition) is 3. The summed E-state index contributed by atoms with van der Waals surface area (Å²) in [5.74, 6) is 0.899. The maximum absolute atomic E-state index is 5.28. The van der Waals surface area contributed by atoms with Gasteiger partial charge < -0.3 is 9.75 Å². The first kappa shape index (κ1) is 11.1. The predicted molar refractivity (Wildman–Crippen MR) is 72.5 cm³/mol. The van der Waals surface area contributed by atoms with E-state index in [-0.39, 0.29) is 0 Å². The highest BCUT2D eigenvalue weighted by molar-refractivity contribution is 5.59. The van der Waals surface area contributed by atoms with Crippen molar-refractivity contribution in [3.63, 3.8) is 0 Å². The summed E-state index contributed by atoms with van der Waals surface area (Å²) in [6.45, 7) is 1.74. The standard InChI is InChI=1S/C15H16N2O/c1-18-14-8-7-13-10-16-17(15(13)9-14)11-12-5-3-2-4-6-12/h2-9,16H,10-11H2,1H3. The molecule has 0 radical (unpaired) electrons. The third-order valence-electron chi connectivity index (χ3n) is 3.23. The van der Waals surface area contributed by atoms with Gasteiger partial charge in [0, 0.05) is 12.6 Å². The normalized spacial score (nSPS) is 13.5. The number of anilines is 1. The number of fused-ring (bicyclic) bond motifs is 1. The molecule has 0 amide bonds. The zero-order valence-electron chi connectivity index (χ0n) is 10.4. The number of hydrazine groups is 1. The van der Waals surface area contributed by atoms with Gasteiger partial charge in [0.05, 0.1) is 19.3 Å². The van der Waals surface area contributed by atoms with Gasteiger partial charge in [0.1, 0.15) is 5.75 Å². The van der Waals surface area contributed by atoms with Crippen molar-refractivity contribution < 1.29 is 4.74 Å². The maximum atomic E-state index is 5.28. The van der Waals surface area contributed by atoms with E-state index in [4.69, 9.17) is 4.74 Å².